The Hall–Kier alpha value is -0.790. The molecule has 0 amide bonds. The summed E-state index contributed by atoms with van der Waals surface area (Å²) >= 11 is 0. The summed E-state index contributed by atoms with van der Waals surface area (Å²) in [5, 5.41) is 0. The Bertz CT molecular complexity index is 486. The number of fused-ring (bicyclic) bond motifs is 5. The number of rotatable bonds is 2. The van der Waals surface area contributed by atoms with Crippen LogP contribution in [0.1, 0.15) is 60.8 Å². The van der Waals surface area contributed by atoms with E-state index in [1.807, 2.05) is 20.8 Å². The molecule has 7 unspecified atom stereocenters. The van der Waals surface area contributed by atoms with E-state index in [4.69, 9.17) is 4.74 Å². The number of hydrogen-bond acceptors (Lipinski definition) is 2. The quantitative estimate of drug-likeness (QED) is 0.539. The number of carbonyl (C=O) groups excluding carboxylic acids is 1. The monoisotopic (exact) mass is 304 g/mol. The van der Waals surface area contributed by atoms with E-state index >= 15 is 0 Å². The molecule has 0 aromatic heterocycles. The molecule has 3 aliphatic carbocycles. The van der Waals surface area contributed by atoms with Gasteiger partial charge in [0.05, 0.1) is 5.41 Å². The third kappa shape index (κ3) is 2.34. The van der Waals surface area contributed by atoms with Gasteiger partial charge in [-0.1, -0.05) is 19.1 Å². The van der Waals surface area contributed by atoms with Crippen molar-refractivity contribution in [3.8, 4) is 0 Å². The molecule has 3 rings (SSSR count). The average Bonchev–Trinajstić information content (AvgIpc) is 2.99. The first-order valence-corrected chi connectivity index (χ1v) is 9.03. The smallest absolute Gasteiger partial charge is 0.312 e. The van der Waals surface area contributed by atoms with Crippen molar-refractivity contribution in [3.05, 3.63) is 12.2 Å². The van der Waals surface area contributed by atoms with Crippen molar-refractivity contribution in [2.45, 2.75) is 66.4 Å². The molecule has 0 aromatic rings. The van der Waals surface area contributed by atoms with E-state index in [-0.39, 0.29) is 17.0 Å². The summed E-state index contributed by atoms with van der Waals surface area (Å²) < 4.78 is 5.79. The molecule has 0 N–H and O–H groups in total. The normalized spacial score (nSPS) is 47.2. The minimum atomic E-state index is -0.382. The second kappa shape index (κ2) is 5.11. The standard InChI is InChI=1S/C20H32O2/c1-7-8-13-9-12(2)16-14-10-15(17(13)16)20(6,11-14)18(21)22-19(3,4)5/h7-8,12-17H,9-11H2,1-6H3/b8-7+. The number of ether oxygens (including phenoxy) is 1. The van der Waals surface area contributed by atoms with Crippen LogP contribution in [0.25, 0.3) is 0 Å². The molecule has 0 radical (unpaired) electrons. The predicted octanol–water partition coefficient (Wildman–Crippen LogP) is 4.84. The lowest BCUT2D eigenvalue weighted by atomic mass is 9.64. The van der Waals surface area contributed by atoms with Crippen LogP contribution in [-0.2, 0) is 9.53 Å². The highest BCUT2D eigenvalue weighted by Crippen LogP contribution is 2.68. The largest absolute Gasteiger partial charge is 0.460 e. The Kier molecular flexibility index (Phi) is 3.73. The Morgan fingerprint density at radius 1 is 1.23 bits per heavy atom. The summed E-state index contributed by atoms with van der Waals surface area (Å²) in [6, 6.07) is 0. The Balaban J connectivity index is 1.85. The molecular weight excluding hydrogens is 272 g/mol. The van der Waals surface area contributed by atoms with Crippen molar-refractivity contribution in [2.24, 2.45) is 40.9 Å². The minimum absolute atomic E-state index is 0.0460. The van der Waals surface area contributed by atoms with E-state index in [0.29, 0.717) is 17.8 Å². The maximum atomic E-state index is 12.9. The molecule has 3 fully saturated rings. The van der Waals surface area contributed by atoms with Crippen LogP contribution in [0.2, 0.25) is 0 Å². The predicted molar refractivity (Wildman–Crippen MR) is 89.2 cm³/mol. The van der Waals surface area contributed by atoms with Crippen molar-refractivity contribution >= 4 is 5.97 Å². The second-order valence-corrected chi connectivity index (χ2v) is 9.28. The van der Waals surface area contributed by atoms with Gasteiger partial charge in [0.2, 0.25) is 0 Å². The first-order valence-electron chi connectivity index (χ1n) is 9.03. The number of hydrogen-bond donors (Lipinski definition) is 0. The molecule has 0 aliphatic heterocycles. The van der Waals surface area contributed by atoms with E-state index in [1.165, 1.54) is 12.8 Å². The fourth-order valence-corrected chi connectivity index (χ4v) is 6.08. The van der Waals surface area contributed by atoms with Gasteiger partial charge >= 0.3 is 5.97 Å². The molecule has 7 atom stereocenters. The zero-order valence-corrected chi connectivity index (χ0v) is 15.1. The van der Waals surface area contributed by atoms with E-state index in [1.54, 1.807) is 0 Å². The van der Waals surface area contributed by atoms with E-state index in [9.17, 15) is 4.79 Å². The summed E-state index contributed by atoms with van der Waals surface area (Å²) in [5.74, 6) is 4.31. The van der Waals surface area contributed by atoms with Gasteiger partial charge in [0.15, 0.2) is 0 Å². The molecule has 22 heavy (non-hydrogen) atoms. The van der Waals surface area contributed by atoms with Crippen molar-refractivity contribution < 1.29 is 9.53 Å². The van der Waals surface area contributed by atoms with Crippen molar-refractivity contribution in [1.29, 1.82) is 0 Å². The van der Waals surface area contributed by atoms with Crippen molar-refractivity contribution in [2.75, 3.05) is 0 Å². The molecule has 2 nitrogen and oxygen atoms in total. The minimum Gasteiger partial charge on any atom is -0.460 e. The van der Waals surface area contributed by atoms with Crippen molar-refractivity contribution in [3.63, 3.8) is 0 Å². The Morgan fingerprint density at radius 2 is 1.91 bits per heavy atom. The first kappa shape index (κ1) is 16.1. The Morgan fingerprint density at radius 3 is 2.50 bits per heavy atom. The van der Waals surface area contributed by atoms with Crippen LogP contribution in [0.15, 0.2) is 12.2 Å². The van der Waals surface area contributed by atoms with Crippen LogP contribution in [0.5, 0.6) is 0 Å². The summed E-state index contributed by atoms with van der Waals surface area (Å²) in [6.45, 7) is 12.7. The van der Waals surface area contributed by atoms with Crippen LogP contribution < -0.4 is 0 Å². The average molecular weight is 304 g/mol. The van der Waals surface area contributed by atoms with Gasteiger partial charge in [-0.3, -0.25) is 4.79 Å². The topological polar surface area (TPSA) is 26.3 Å². The lowest BCUT2D eigenvalue weighted by Gasteiger charge is -2.41. The lowest BCUT2D eigenvalue weighted by molar-refractivity contribution is -0.172. The highest BCUT2D eigenvalue weighted by molar-refractivity contribution is 5.78. The summed E-state index contributed by atoms with van der Waals surface area (Å²) in [7, 11) is 0. The van der Waals surface area contributed by atoms with Gasteiger partial charge in [0, 0.05) is 0 Å². The third-order valence-corrected chi connectivity index (χ3v) is 6.61. The molecule has 3 aliphatic rings. The third-order valence-electron chi connectivity index (χ3n) is 6.61. The van der Waals surface area contributed by atoms with Crippen LogP contribution >= 0.6 is 0 Å². The van der Waals surface area contributed by atoms with Crippen LogP contribution in [0, 0.1) is 40.9 Å². The van der Waals surface area contributed by atoms with Crippen LogP contribution in [0.4, 0.5) is 0 Å². The summed E-state index contributed by atoms with van der Waals surface area (Å²) in [5.41, 5.74) is -0.643. The Labute approximate surface area is 135 Å². The van der Waals surface area contributed by atoms with Gasteiger partial charge in [0.1, 0.15) is 5.60 Å². The molecule has 0 saturated heterocycles. The van der Waals surface area contributed by atoms with Crippen LogP contribution in [-0.4, -0.2) is 11.6 Å². The number of carbonyl (C=O) groups is 1. The van der Waals surface area contributed by atoms with Gasteiger partial charge in [-0.15, -0.1) is 0 Å². The van der Waals surface area contributed by atoms with Crippen molar-refractivity contribution in [1.82, 2.24) is 0 Å². The van der Waals surface area contributed by atoms with E-state index < -0.39 is 0 Å². The second-order valence-electron chi connectivity index (χ2n) is 9.28. The SMILES string of the molecule is C/C=C/C1CC(C)C2C3CC(C12)C(C)(C(=O)OC(C)(C)C)C3. The molecule has 2 heteroatoms. The highest BCUT2D eigenvalue weighted by atomic mass is 16.6. The zero-order chi connectivity index (χ0) is 16.3. The summed E-state index contributed by atoms with van der Waals surface area (Å²) in [4.78, 5) is 12.9. The fraction of sp³-hybridized carbons (Fsp3) is 0.850. The van der Waals surface area contributed by atoms with E-state index in [2.05, 4.69) is 32.9 Å². The van der Waals surface area contributed by atoms with Gasteiger partial charge in [-0.25, -0.2) is 0 Å². The van der Waals surface area contributed by atoms with Gasteiger partial charge in [0.25, 0.3) is 0 Å². The van der Waals surface area contributed by atoms with Gasteiger partial charge in [-0.05, 0) is 89.4 Å². The zero-order valence-electron chi connectivity index (χ0n) is 15.1. The molecular formula is C20H32O2. The molecule has 2 bridgehead atoms. The van der Waals surface area contributed by atoms with Crippen LogP contribution in [0.3, 0.4) is 0 Å². The maximum absolute atomic E-state index is 12.9. The van der Waals surface area contributed by atoms with E-state index in [0.717, 1.165) is 24.2 Å². The lowest BCUT2D eigenvalue weighted by Crippen LogP contribution is -2.44. The number of esters is 1. The molecule has 0 spiro atoms. The molecule has 124 valence electrons. The first-order chi connectivity index (χ1) is 10.2. The molecule has 0 heterocycles. The van der Waals surface area contributed by atoms with Gasteiger partial charge in [-0.2, -0.15) is 0 Å². The number of allylic oxidation sites excluding steroid dienone is 2. The maximum Gasteiger partial charge on any atom is 0.312 e. The van der Waals surface area contributed by atoms with Gasteiger partial charge < -0.3 is 4.74 Å². The summed E-state index contributed by atoms with van der Waals surface area (Å²) in [6.07, 6.45) is 8.19. The highest BCUT2D eigenvalue weighted by Gasteiger charge is 2.65. The molecule has 3 saturated carbocycles. The fourth-order valence-electron chi connectivity index (χ4n) is 6.08. The molecule has 0 aromatic carbocycles.